The van der Waals surface area contributed by atoms with Crippen molar-refractivity contribution < 1.29 is 4.79 Å². The molecule has 1 aliphatic heterocycles. The quantitative estimate of drug-likeness (QED) is 0.867. The first-order valence-corrected chi connectivity index (χ1v) is 8.55. The van der Waals surface area contributed by atoms with Gasteiger partial charge in [-0.2, -0.15) is 0 Å². The topological polar surface area (TPSA) is 49.6 Å². The van der Waals surface area contributed by atoms with Crippen LogP contribution in [0.3, 0.4) is 0 Å². The second-order valence-corrected chi connectivity index (χ2v) is 7.93. The molecule has 0 radical (unpaired) electrons. The smallest absolute Gasteiger partial charge is 0.236 e. The molecule has 3 atom stereocenters. The Hall–Kier alpha value is -0.610. The van der Waals surface area contributed by atoms with Gasteiger partial charge < -0.3 is 10.6 Å². The van der Waals surface area contributed by atoms with Crippen LogP contribution in [0.5, 0.6) is 0 Å². The van der Waals surface area contributed by atoms with Crippen LogP contribution in [0, 0.1) is 11.3 Å². The van der Waals surface area contributed by atoms with E-state index in [-0.39, 0.29) is 17.4 Å². The molecule has 0 bridgehead atoms. The van der Waals surface area contributed by atoms with Crippen LogP contribution in [0.15, 0.2) is 0 Å². The number of nitrogens with zero attached hydrogens (tertiary/aromatic N) is 2. The maximum Gasteiger partial charge on any atom is 0.236 e. The van der Waals surface area contributed by atoms with Gasteiger partial charge in [0.25, 0.3) is 0 Å². The molecule has 4 nitrogen and oxygen atoms in total. The summed E-state index contributed by atoms with van der Waals surface area (Å²) in [5.41, 5.74) is 6.28. The first-order valence-electron chi connectivity index (χ1n) is 8.55. The number of carbonyl (C=O) groups excluding carboxylic acids is 1. The molecule has 1 saturated heterocycles. The summed E-state index contributed by atoms with van der Waals surface area (Å²) < 4.78 is 0. The highest BCUT2D eigenvalue weighted by molar-refractivity contribution is 5.78. The molecule has 1 amide bonds. The SMILES string of the molecule is CC1CCCCC1N(C)C(=O)CN1CCC(N)C(C)(C)C1. The number of hydrogen-bond acceptors (Lipinski definition) is 3. The second kappa shape index (κ2) is 6.66. The van der Waals surface area contributed by atoms with Crippen molar-refractivity contribution in [3.8, 4) is 0 Å². The van der Waals surface area contributed by atoms with Gasteiger partial charge in [-0.25, -0.2) is 0 Å². The summed E-state index contributed by atoms with van der Waals surface area (Å²) in [5.74, 6) is 0.916. The zero-order chi connectivity index (χ0) is 15.6. The summed E-state index contributed by atoms with van der Waals surface area (Å²) in [6, 6.07) is 0.686. The molecule has 0 spiro atoms. The highest BCUT2D eigenvalue weighted by atomic mass is 16.2. The van der Waals surface area contributed by atoms with Crippen molar-refractivity contribution in [3.63, 3.8) is 0 Å². The maximum atomic E-state index is 12.6. The van der Waals surface area contributed by atoms with Crippen LogP contribution in [0.25, 0.3) is 0 Å². The Morgan fingerprint density at radius 1 is 1.29 bits per heavy atom. The molecule has 2 fully saturated rings. The van der Waals surface area contributed by atoms with E-state index < -0.39 is 0 Å². The van der Waals surface area contributed by atoms with E-state index in [4.69, 9.17) is 5.73 Å². The van der Waals surface area contributed by atoms with Gasteiger partial charge in [0.15, 0.2) is 0 Å². The van der Waals surface area contributed by atoms with Gasteiger partial charge in [-0.3, -0.25) is 9.69 Å². The van der Waals surface area contributed by atoms with Crippen molar-refractivity contribution in [1.82, 2.24) is 9.80 Å². The van der Waals surface area contributed by atoms with Crippen LogP contribution in [0.1, 0.15) is 52.9 Å². The van der Waals surface area contributed by atoms with Crippen LogP contribution >= 0.6 is 0 Å². The molecule has 4 heteroatoms. The minimum atomic E-state index is 0.106. The van der Waals surface area contributed by atoms with Gasteiger partial charge in [0, 0.05) is 32.2 Å². The molecule has 2 aliphatic rings. The van der Waals surface area contributed by atoms with Gasteiger partial charge in [-0.15, -0.1) is 0 Å². The molecule has 1 saturated carbocycles. The molecule has 0 aromatic heterocycles. The Morgan fingerprint density at radius 3 is 2.57 bits per heavy atom. The van der Waals surface area contributed by atoms with Crippen molar-refractivity contribution in [2.24, 2.45) is 17.1 Å². The molecule has 0 aromatic carbocycles. The maximum absolute atomic E-state index is 12.6. The first kappa shape index (κ1) is 16.8. The number of likely N-dealkylation sites (N-methyl/N-ethyl adjacent to an activating group) is 1. The molecule has 21 heavy (non-hydrogen) atoms. The van der Waals surface area contributed by atoms with Crippen LogP contribution < -0.4 is 5.73 Å². The summed E-state index contributed by atoms with van der Waals surface area (Å²) in [5, 5.41) is 0. The predicted molar refractivity (Wildman–Crippen MR) is 87.0 cm³/mol. The monoisotopic (exact) mass is 295 g/mol. The van der Waals surface area contributed by atoms with Crippen molar-refractivity contribution >= 4 is 5.91 Å². The Kier molecular flexibility index (Phi) is 5.31. The zero-order valence-electron chi connectivity index (χ0n) is 14.3. The highest BCUT2D eigenvalue weighted by Crippen LogP contribution is 2.29. The molecular formula is C17H33N3O. The van der Waals surface area contributed by atoms with E-state index in [0.29, 0.717) is 18.5 Å². The summed E-state index contributed by atoms with van der Waals surface area (Å²) >= 11 is 0. The lowest BCUT2D eigenvalue weighted by atomic mass is 9.79. The van der Waals surface area contributed by atoms with Crippen molar-refractivity contribution in [2.45, 2.75) is 65.0 Å². The zero-order valence-corrected chi connectivity index (χ0v) is 14.3. The van der Waals surface area contributed by atoms with Crippen molar-refractivity contribution in [3.05, 3.63) is 0 Å². The average molecular weight is 295 g/mol. The number of hydrogen-bond donors (Lipinski definition) is 1. The summed E-state index contributed by atoms with van der Waals surface area (Å²) in [4.78, 5) is 16.9. The van der Waals surface area contributed by atoms with E-state index in [1.165, 1.54) is 25.7 Å². The standard InChI is InChI=1S/C17H33N3O/c1-13-7-5-6-8-14(13)19(4)16(21)11-20-10-9-15(18)17(2,3)12-20/h13-15H,5-12,18H2,1-4H3. The molecule has 122 valence electrons. The Morgan fingerprint density at radius 2 is 1.95 bits per heavy atom. The van der Waals surface area contributed by atoms with E-state index in [1.54, 1.807) is 0 Å². The highest BCUT2D eigenvalue weighted by Gasteiger charge is 2.35. The molecule has 2 rings (SSSR count). The average Bonchev–Trinajstić information content (AvgIpc) is 2.42. The van der Waals surface area contributed by atoms with Gasteiger partial charge in [-0.1, -0.05) is 33.6 Å². The predicted octanol–water partition coefficient (Wildman–Crippen LogP) is 2.08. The van der Waals surface area contributed by atoms with Gasteiger partial charge in [0.2, 0.25) is 5.91 Å². The fourth-order valence-corrected chi connectivity index (χ4v) is 3.98. The van der Waals surface area contributed by atoms with E-state index in [1.807, 2.05) is 11.9 Å². The van der Waals surface area contributed by atoms with Crippen molar-refractivity contribution in [2.75, 3.05) is 26.7 Å². The van der Waals surface area contributed by atoms with Gasteiger partial charge in [0.1, 0.15) is 0 Å². The van der Waals surface area contributed by atoms with Gasteiger partial charge in [-0.05, 0) is 30.6 Å². The van der Waals surface area contributed by atoms with Crippen LogP contribution in [0.4, 0.5) is 0 Å². The van der Waals surface area contributed by atoms with Crippen LogP contribution in [-0.4, -0.2) is 54.5 Å². The number of likely N-dealkylation sites (tertiary alicyclic amines) is 1. The van der Waals surface area contributed by atoms with Crippen LogP contribution in [-0.2, 0) is 4.79 Å². The second-order valence-electron chi connectivity index (χ2n) is 7.93. The fraction of sp³-hybridized carbons (Fsp3) is 0.941. The summed E-state index contributed by atoms with van der Waals surface area (Å²) in [7, 11) is 2.00. The van der Waals surface area contributed by atoms with Crippen LogP contribution in [0.2, 0.25) is 0 Å². The number of nitrogens with two attached hydrogens (primary N) is 1. The van der Waals surface area contributed by atoms with Gasteiger partial charge in [0.05, 0.1) is 6.54 Å². The third kappa shape index (κ3) is 3.98. The summed E-state index contributed by atoms with van der Waals surface area (Å²) in [6.07, 6.45) is 5.99. The number of rotatable bonds is 3. The Labute approximate surface area is 130 Å². The first-order chi connectivity index (χ1) is 9.81. The van der Waals surface area contributed by atoms with E-state index >= 15 is 0 Å². The minimum absolute atomic E-state index is 0.106. The number of amides is 1. The third-order valence-electron chi connectivity index (χ3n) is 5.71. The number of carbonyl (C=O) groups is 1. The Balaban J connectivity index is 1.89. The van der Waals surface area contributed by atoms with E-state index in [9.17, 15) is 4.79 Å². The van der Waals surface area contributed by atoms with E-state index in [0.717, 1.165) is 19.5 Å². The molecule has 1 heterocycles. The number of piperidine rings is 1. The van der Waals surface area contributed by atoms with Gasteiger partial charge >= 0.3 is 0 Å². The largest absolute Gasteiger partial charge is 0.341 e. The molecule has 3 unspecified atom stereocenters. The van der Waals surface area contributed by atoms with E-state index in [2.05, 4.69) is 25.7 Å². The molecular weight excluding hydrogens is 262 g/mol. The third-order valence-corrected chi connectivity index (χ3v) is 5.71. The molecule has 1 aliphatic carbocycles. The lowest BCUT2D eigenvalue weighted by Gasteiger charge is -2.43. The summed E-state index contributed by atoms with van der Waals surface area (Å²) in [6.45, 7) is 9.13. The molecule has 0 aromatic rings. The van der Waals surface area contributed by atoms with Crippen molar-refractivity contribution in [1.29, 1.82) is 0 Å². The minimum Gasteiger partial charge on any atom is -0.341 e. The fourth-order valence-electron chi connectivity index (χ4n) is 3.98. The molecule has 2 N–H and O–H groups in total. The Bertz CT molecular complexity index is 369. The lowest BCUT2D eigenvalue weighted by Crippen LogP contribution is -2.55. The lowest BCUT2D eigenvalue weighted by molar-refractivity contribution is -0.135. The normalized spacial score (nSPS) is 33.7.